The fraction of sp³-hybridized carbons (Fsp3) is 0.100. The zero-order valence-corrected chi connectivity index (χ0v) is 14.3. The number of hydrogen-bond acceptors (Lipinski definition) is 3. The minimum atomic E-state index is -0.287. The van der Waals surface area contributed by atoms with E-state index in [0.717, 1.165) is 22.4 Å². The summed E-state index contributed by atoms with van der Waals surface area (Å²) in [6.07, 6.45) is 1.66. The van der Waals surface area contributed by atoms with Crippen LogP contribution < -0.4 is 15.8 Å². The number of guanidine groups is 1. The summed E-state index contributed by atoms with van der Waals surface area (Å²) in [5.41, 5.74) is 8.59. The summed E-state index contributed by atoms with van der Waals surface area (Å²) in [5.74, 6) is 1.26. The van der Waals surface area contributed by atoms with Crippen molar-refractivity contribution in [1.82, 2.24) is 4.98 Å². The van der Waals surface area contributed by atoms with Crippen LogP contribution in [0.2, 0.25) is 0 Å². The molecule has 0 aliphatic carbocycles. The molecular weight excluding hydrogens is 331 g/mol. The van der Waals surface area contributed by atoms with Crippen molar-refractivity contribution in [2.45, 2.75) is 6.54 Å². The molecule has 0 spiro atoms. The second kappa shape index (κ2) is 8.11. The number of nitrogens with two attached hydrogens (primary N) is 1. The molecule has 5 nitrogen and oxygen atoms in total. The Morgan fingerprint density at radius 3 is 2.65 bits per heavy atom. The van der Waals surface area contributed by atoms with Crippen LogP contribution in [0.1, 0.15) is 5.56 Å². The monoisotopic (exact) mass is 350 g/mol. The van der Waals surface area contributed by atoms with Gasteiger partial charge in [0, 0.05) is 17.3 Å². The van der Waals surface area contributed by atoms with Crippen LogP contribution in [0.15, 0.2) is 71.9 Å². The quantitative estimate of drug-likeness (QED) is 0.542. The van der Waals surface area contributed by atoms with Crippen LogP contribution in [0.4, 0.5) is 10.2 Å². The van der Waals surface area contributed by atoms with Gasteiger partial charge in [0.25, 0.3) is 0 Å². The van der Waals surface area contributed by atoms with E-state index < -0.39 is 0 Å². The Morgan fingerprint density at radius 1 is 1.12 bits per heavy atom. The number of rotatable bonds is 5. The fourth-order valence-electron chi connectivity index (χ4n) is 2.53. The van der Waals surface area contributed by atoms with E-state index in [9.17, 15) is 4.39 Å². The van der Waals surface area contributed by atoms with E-state index >= 15 is 0 Å². The molecule has 2 aromatic carbocycles. The van der Waals surface area contributed by atoms with Crippen molar-refractivity contribution in [3.05, 3.63) is 78.2 Å². The average Bonchev–Trinajstić information content (AvgIpc) is 2.68. The Kier molecular flexibility index (Phi) is 5.43. The lowest BCUT2D eigenvalue weighted by molar-refractivity contribution is 0.410. The number of pyridine rings is 1. The molecule has 0 amide bonds. The topological polar surface area (TPSA) is 72.5 Å². The third-order valence-corrected chi connectivity index (χ3v) is 3.82. The minimum absolute atomic E-state index is 0.234. The molecule has 0 fully saturated rings. The number of anilines is 1. The first kappa shape index (κ1) is 17.4. The molecule has 0 aliphatic heterocycles. The molecule has 3 N–H and O–H groups in total. The maximum Gasteiger partial charge on any atom is 0.194 e. The number of hydrogen-bond donors (Lipinski definition) is 2. The Balaban J connectivity index is 1.79. The lowest BCUT2D eigenvalue weighted by Crippen LogP contribution is -2.23. The Morgan fingerprint density at radius 2 is 1.88 bits per heavy atom. The van der Waals surface area contributed by atoms with E-state index in [-0.39, 0.29) is 11.8 Å². The molecule has 1 heterocycles. The molecule has 0 aliphatic rings. The maximum atomic E-state index is 13.2. The highest BCUT2D eigenvalue weighted by Crippen LogP contribution is 2.26. The van der Waals surface area contributed by atoms with Gasteiger partial charge in [0.1, 0.15) is 17.4 Å². The molecule has 0 radical (unpaired) electrons. The van der Waals surface area contributed by atoms with Gasteiger partial charge in [0.15, 0.2) is 5.96 Å². The molecule has 3 rings (SSSR count). The van der Waals surface area contributed by atoms with Gasteiger partial charge in [-0.25, -0.2) is 14.4 Å². The normalized spacial score (nSPS) is 11.2. The first-order valence-electron chi connectivity index (χ1n) is 8.07. The summed E-state index contributed by atoms with van der Waals surface area (Å²) in [6, 6.07) is 17.5. The third kappa shape index (κ3) is 4.16. The number of methoxy groups -OCH3 is 1. The molecule has 0 unspecified atom stereocenters. The van der Waals surface area contributed by atoms with Crippen LogP contribution in [0, 0.1) is 5.82 Å². The van der Waals surface area contributed by atoms with Crippen LogP contribution in [0.5, 0.6) is 5.75 Å². The second-order valence-electron chi connectivity index (χ2n) is 5.54. The number of aromatic nitrogens is 1. The number of halogens is 1. The zero-order valence-electron chi connectivity index (χ0n) is 14.3. The molecule has 0 saturated carbocycles. The Bertz CT molecular complexity index is 910. The Labute approximate surface area is 151 Å². The minimum Gasteiger partial charge on any atom is -0.496 e. The summed E-state index contributed by atoms with van der Waals surface area (Å²) < 4.78 is 18.5. The van der Waals surface area contributed by atoms with E-state index in [1.165, 1.54) is 12.1 Å². The summed E-state index contributed by atoms with van der Waals surface area (Å²) in [5, 5.41) is 3.01. The molecule has 132 valence electrons. The maximum absolute atomic E-state index is 13.2. The molecule has 3 aromatic rings. The third-order valence-electron chi connectivity index (χ3n) is 3.82. The molecule has 1 aromatic heterocycles. The first-order chi connectivity index (χ1) is 12.7. The van der Waals surface area contributed by atoms with Crippen LogP contribution in [-0.4, -0.2) is 18.1 Å². The van der Waals surface area contributed by atoms with Crippen LogP contribution in [0.3, 0.4) is 0 Å². The lowest BCUT2D eigenvalue weighted by Gasteiger charge is -2.11. The largest absolute Gasteiger partial charge is 0.496 e. The van der Waals surface area contributed by atoms with Crippen molar-refractivity contribution in [3.8, 4) is 16.9 Å². The van der Waals surface area contributed by atoms with Crippen molar-refractivity contribution >= 4 is 11.8 Å². The molecule has 26 heavy (non-hydrogen) atoms. The van der Waals surface area contributed by atoms with E-state index in [1.54, 1.807) is 25.4 Å². The van der Waals surface area contributed by atoms with E-state index in [4.69, 9.17) is 10.5 Å². The number of ether oxygens (including phenoxy) is 1. The number of para-hydroxylation sites is 1. The average molecular weight is 350 g/mol. The standard InChI is InChI=1S/C20H19FN4O/c1-26-18-7-3-2-5-15(18)13-24-20(22)25-19-17(6-4-12-23-19)14-8-10-16(21)11-9-14/h2-12H,13H2,1H3,(H3,22,23,24,25). The van der Waals surface area contributed by atoms with E-state index in [2.05, 4.69) is 15.3 Å². The van der Waals surface area contributed by atoms with Gasteiger partial charge in [0.2, 0.25) is 0 Å². The SMILES string of the molecule is COc1ccccc1CN=C(N)Nc1ncccc1-c1ccc(F)cc1. The van der Waals surface area contributed by atoms with Crippen LogP contribution in [-0.2, 0) is 6.54 Å². The number of nitrogens with zero attached hydrogens (tertiary/aromatic N) is 2. The summed E-state index contributed by atoms with van der Waals surface area (Å²) in [4.78, 5) is 8.67. The molecule has 0 atom stereocenters. The Hall–Kier alpha value is -3.41. The highest BCUT2D eigenvalue weighted by molar-refractivity contribution is 5.95. The van der Waals surface area contributed by atoms with Crippen molar-refractivity contribution in [1.29, 1.82) is 0 Å². The second-order valence-corrected chi connectivity index (χ2v) is 5.54. The van der Waals surface area contributed by atoms with Crippen molar-refractivity contribution < 1.29 is 9.13 Å². The van der Waals surface area contributed by atoms with Gasteiger partial charge < -0.3 is 15.8 Å². The van der Waals surface area contributed by atoms with Crippen molar-refractivity contribution in [3.63, 3.8) is 0 Å². The molecule has 0 saturated heterocycles. The first-order valence-corrected chi connectivity index (χ1v) is 8.07. The smallest absolute Gasteiger partial charge is 0.194 e. The lowest BCUT2D eigenvalue weighted by atomic mass is 10.1. The predicted molar refractivity (Wildman–Crippen MR) is 102 cm³/mol. The summed E-state index contributed by atoms with van der Waals surface area (Å²) in [7, 11) is 1.62. The molecule has 6 heteroatoms. The predicted octanol–water partition coefficient (Wildman–Crippen LogP) is 3.82. The van der Waals surface area contributed by atoms with Gasteiger partial charge in [-0.3, -0.25) is 0 Å². The highest BCUT2D eigenvalue weighted by Gasteiger charge is 2.08. The van der Waals surface area contributed by atoms with Crippen LogP contribution >= 0.6 is 0 Å². The van der Waals surface area contributed by atoms with Gasteiger partial charge in [-0.15, -0.1) is 0 Å². The van der Waals surface area contributed by atoms with Gasteiger partial charge in [-0.1, -0.05) is 30.3 Å². The summed E-state index contributed by atoms with van der Waals surface area (Å²) in [6.45, 7) is 0.377. The van der Waals surface area contributed by atoms with Gasteiger partial charge >= 0.3 is 0 Å². The molecular formula is C20H19FN4O. The number of benzene rings is 2. The van der Waals surface area contributed by atoms with Gasteiger partial charge in [-0.05, 0) is 35.9 Å². The molecule has 0 bridgehead atoms. The zero-order chi connectivity index (χ0) is 18.4. The van der Waals surface area contributed by atoms with Gasteiger partial charge in [0.05, 0.1) is 13.7 Å². The van der Waals surface area contributed by atoms with E-state index in [0.29, 0.717) is 12.4 Å². The van der Waals surface area contributed by atoms with Crippen molar-refractivity contribution in [2.24, 2.45) is 10.7 Å². The van der Waals surface area contributed by atoms with Crippen LogP contribution in [0.25, 0.3) is 11.1 Å². The van der Waals surface area contributed by atoms with Gasteiger partial charge in [-0.2, -0.15) is 0 Å². The summed E-state index contributed by atoms with van der Waals surface area (Å²) >= 11 is 0. The van der Waals surface area contributed by atoms with Crippen molar-refractivity contribution in [2.75, 3.05) is 12.4 Å². The number of nitrogens with one attached hydrogen (secondary N) is 1. The fourth-order valence-corrected chi connectivity index (χ4v) is 2.53. The van der Waals surface area contributed by atoms with E-state index in [1.807, 2.05) is 36.4 Å². The number of aliphatic imine (C=N–C) groups is 1. The highest BCUT2D eigenvalue weighted by atomic mass is 19.1.